The van der Waals surface area contributed by atoms with Gasteiger partial charge in [0.2, 0.25) is 0 Å². The van der Waals surface area contributed by atoms with Crippen molar-refractivity contribution >= 4 is 5.97 Å². The maximum absolute atomic E-state index is 10.8. The maximum Gasteiger partial charge on any atom is 0.307 e. The van der Waals surface area contributed by atoms with E-state index in [1.807, 2.05) is 0 Å². The molecule has 1 rings (SSSR count). The molecule has 0 radical (unpaired) electrons. The zero-order valence-corrected chi connectivity index (χ0v) is 10.1. The Morgan fingerprint density at radius 3 is 2.29 bits per heavy atom. The van der Waals surface area contributed by atoms with Crippen LogP contribution >= 0.6 is 0 Å². The third-order valence-corrected chi connectivity index (χ3v) is 2.30. The van der Waals surface area contributed by atoms with Crippen molar-refractivity contribution in [3.8, 4) is 11.5 Å². The van der Waals surface area contributed by atoms with Crippen LogP contribution < -0.4 is 9.47 Å². The third kappa shape index (κ3) is 3.35. The van der Waals surface area contributed by atoms with Gasteiger partial charge in [-0.1, -0.05) is 0 Å². The molecular formula is C12H16O5. The number of hydrogen-bond acceptors (Lipinski definition) is 4. The fourth-order valence-corrected chi connectivity index (χ4v) is 1.66. The van der Waals surface area contributed by atoms with Gasteiger partial charge in [0.05, 0.1) is 27.2 Å². The molecule has 1 aromatic carbocycles. The monoisotopic (exact) mass is 240 g/mol. The summed E-state index contributed by atoms with van der Waals surface area (Å²) in [5.74, 6) is 0.212. The highest BCUT2D eigenvalue weighted by molar-refractivity contribution is 5.72. The van der Waals surface area contributed by atoms with Gasteiger partial charge in [0, 0.05) is 18.2 Å². The Balaban J connectivity index is 3.23. The number of rotatable bonds is 6. The van der Waals surface area contributed by atoms with E-state index in [1.54, 1.807) is 19.2 Å². The third-order valence-electron chi connectivity index (χ3n) is 2.30. The molecule has 0 aromatic heterocycles. The predicted octanol–water partition coefficient (Wildman–Crippen LogP) is 1.48. The van der Waals surface area contributed by atoms with E-state index in [0.29, 0.717) is 23.7 Å². The maximum atomic E-state index is 10.8. The summed E-state index contributed by atoms with van der Waals surface area (Å²) in [6, 6.07) is 3.43. The van der Waals surface area contributed by atoms with Crippen LogP contribution in [-0.4, -0.2) is 32.4 Å². The summed E-state index contributed by atoms with van der Waals surface area (Å²) >= 11 is 0. The Morgan fingerprint density at radius 1 is 1.18 bits per heavy atom. The highest BCUT2D eigenvalue weighted by Gasteiger charge is 2.14. The van der Waals surface area contributed by atoms with E-state index in [4.69, 9.17) is 19.3 Å². The van der Waals surface area contributed by atoms with Crippen molar-refractivity contribution in [3.05, 3.63) is 23.3 Å². The van der Waals surface area contributed by atoms with Gasteiger partial charge >= 0.3 is 5.97 Å². The van der Waals surface area contributed by atoms with E-state index in [1.165, 1.54) is 14.2 Å². The summed E-state index contributed by atoms with van der Waals surface area (Å²) in [6.07, 6.45) is -0.114. The quantitative estimate of drug-likeness (QED) is 0.815. The van der Waals surface area contributed by atoms with Crippen LogP contribution in [0.1, 0.15) is 11.1 Å². The van der Waals surface area contributed by atoms with E-state index in [0.717, 1.165) is 5.56 Å². The molecule has 5 nitrogen and oxygen atoms in total. The summed E-state index contributed by atoms with van der Waals surface area (Å²) in [5.41, 5.74) is 1.34. The molecule has 17 heavy (non-hydrogen) atoms. The van der Waals surface area contributed by atoms with E-state index in [2.05, 4.69) is 0 Å². The van der Waals surface area contributed by atoms with Gasteiger partial charge in [-0.25, -0.2) is 0 Å². The van der Waals surface area contributed by atoms with Gasteiger partial charge in [0.15, 0.2) is 0 Å². The van der Waals surface area contributed by atoms with Gasteiger partial charge in [-0.2, -0.15) is 0 Å². The summed E-state index contributed by atoms with van der Waals surface area (Å²) < 4.78 is 15.4. The van der Waals surface area contributed by atoms with Gasteiger partial charge in [-0.3, -0.25) is 4.79 Å². The topological polar surface area (TPSA) is 65.0 Å². The van der Waals surface area contributed by atoms with Crippen LogP contribution in [0.5, 0.6) is 11.5 Å². The standard InChI is InChI=1S/C12H16O5/c1-15-7-9-5-10(16-2)4-8(6-11(13)14)12(9)17-3/h4-5H,6-7H2,1-3H3,(H,13,14). The molecule has 0 saturated carbocycles. The SMILES string of the molecule is COCc1cc(OC)cc(CC(=O)O)c1OC. The van der Waals surface area contributed by atoms with Gasteiger partial charge < -0.3 is 19.3 Å². The molecule has 0 bridgehead atoms. The van der Waals surface area contributed by atoms with Crippen LogP contribution in [0.3, 0.4) is 0 Å². The van der Waals surface area contributed by atoms with Gasteiger partial charge in [-0.15, -0.1) is 0 Å². The van der Waals surface area contributed by atoms with Crippen LogP contribution in [0.4, 0.5) is 0 Å². The van der Waals surface area contributed by atoms with E-state index in [9.17, 15) is 4.79 Å². The Morgan fingerprint density at radius 2 is 1.82 bits per heavy atom. The van der Waals surface area contributed by atoms with Crippen molar-refractivity contribution in [3.63, 3.8) is 0 Å². The largest absolute Gasteiger partial charge is 0.497 e. The Labute approximate surface area is 99.9 Å². The number of benzene rings is 1. The Bertz CT molecular complexity index is 400. The first kappa shape index (κ1) is 13.3. The van der Waals surface area contributed by atoms with Crippen molar-refractivity contribution in [2.24, 2.45) is 0 Å². The van der Waals surface area contributed by atoms with E-state index < -0.39 is 5.97 Å². The first-order chi connectivity index (χ1) is 8.12. The number of hydrogen-bond donors (Lipinski definition) is 1. The van der Waals surface area contributed by atoms with Crippen molar-refractivity contribution in [1.82, 2.24) is 0 Å². The molecule has 1 aromatic rings. The van der Waals surface area contributed by atoms with Crippen LogP contribution in [0.25, 0.3) is 0 Å². The lowest BCUT2D eigenvalue weighted by Gasteiger charge is -2.14. The molecule has 0 unspecified atom stereocenters. The molecule has 1 N–H and O–H groups in total. The molecule has 0 heterocycles. The minimum Gasteiger partial charge on any atom is -0.497 e. The Kier molecular flexibility index (Phi) is 4.78. The van der Waals surface area contributed by atoms with Crippen LogP contribution in [-0.2, 0) is 22.6 Å². The number of methoxy groups -OCH3 is 3. The molecule has 5 heteroatoms. The second-order valence-electron chi connectivity index (χ2n) is 3.48. The zero-order valence-electron chi connectivity index (χ0n) is 10.1. The number of carboxylic acids is 1. The number of ether oxygens (including phenoxy) is 3. The molecule has 0 fully saturated rings. The molecular weight excluding hydrogens is 224 g/mol. The lowest BCUT2D eigenvalue weighted by atomic mass is 10.1. The first-order valence-electron chi connectivity index (χ1n) is 5.06. The lowest BCUT2D eigenvalue weighted by Crippen LogP contribution is -2.05. The minimum absolute atomic E-state index is 0.114. The van der Waals surface area contributed by atoms with E-state index >= 15 is 0 Å². The van der Waals surface area contributed by atoms with E-state index in [-0.39, 0.29) is 6.42 Å². The fourth-order valence-electron chi connectivity index (χ4n) is 1.66. The van der Waals surface area contributed by atoms with Crippen molar-refractivity contribution in [1.29, 1.82) is 0 Å². The van der Waals surface area contributed by atoms with Gasteiger partial charge in [-0.05, 0) is 12.1 Å². The smallest absolute Gasteiger partial charge is 0.307 e. The van der Waals surface area contributed by atoms with Crippen molar-refractivity contribution in [2.75, 3.05) is 21.3 Å². The average Bonchev–Trinajstić information content (AvgIpc) is 2.28. The van der Waals surface area contributed by atoms with Crippen LogP contribution in [0.15, 0.2) is 12.1 Å². The second kappa shape index (κ2) is 6.10. The molecule has 0 amide bonds. The number of aliphatic carboxylic acids is 1. The average molecular weight is 240 g/mol. The molecule has 0 atom stereocenters. The zero-order chi connectivity index (χ0) is 12.8. The molecule has 0 aliphatic carbocycles. The summed E-state index contributed by atoms with van der Waals surface area (Å²) in [4.78, 5) is 10.8. The fraction of sp³-hybridized carbons (Fsp3) is 0.417. The highest BCUT2D eigenvalue weighted by atomic mass is 16.5. The molecule has 0 aliphatic rings. The molecule has 0 spiro atoms. The number of carbonyl (C=O) groups is 1. The highest BCUT2D eigenvalue weighted by Crippen LogP contribution is 2.30. The summed E-state index contributed by atoms with van der Waals surface area (Å²) in [5, 5.41) is 8.84. The van der Waals surface area contributed by atoms with Gasteiger partial charge in [0.1, 0.15) is 11.5 Å². The van der Waals surface area contributed by atoms with Crippen LogP contribution in [0, 0.1) is 0 Å². The summed E-state index contributed by atoms with van der Waals surface area (Å²) in [7, 11) is 4.60. The first-order valence-corrected chi connectivity index (χ1v) is 5.06. The Hall–Kier alpha value is -1.75. The van der Waals surface area contributed by atoms with Gasteiger partial charge in [0.25, 0.3) is 0 Å². The summed E-state index contributed by atoms with van der Waals surface area (Å²) in [6.45, 7) is 0.340. The molecule has 0 aliphatic heterocycles. The molecule has 0 saturated heterocycles. The second-order valence-corrected chi connectivity index (χ2v) is 3.48. The van der Waals surface area contributed by atoms with Crippen molar-refractivity contribution < 1.29 is 24.1 Å². The minimum atomic E-state index is -0.917. The predicted molar refractivity (Wildman–Crippen MR) is 61.6 cm³/mol. The lowest BCUT2D eigenvalue weighted by molar-refractivity contribution is -0.136. The van der Waals surface area contributed by atoms with Crippen molar-refractivity contribution in [2.45, 2.75) is 13.0 Å². The number of carboxylic acid groups (broad SMARTS) is 1. The van der Waals surface area contributed by atoms with Crippen LogP contribution in [0.2, 0.25) is 0 Å². The normalized spacial score (nSPS) is 10.1. The molecule has 94 valence electrons.